The highest BCUT2D eigenvalue weighted by molar-refractivity contribution is 6.35. The van der Waals surface area contributed by atoms with E-state index >= 15 is 0 Å². The van der Waals surface area contributed by atoms with Gasteiger partial charge in [0.1, 0.15) is 5.52 Å². The normalized spacial score (nSPS) is 14.1. The molecule has 7 heteroatoms. The summed E-state index contributed by atoms with van der Waals surface area (Å²) in [6.45, 7) is 1.45. The number of fused-ring (bicyclic) bond motifs is 1. The number of anilines is 1. The van der Waals surface area contributed by atoms with Gasteiger partial charge in [0.15, 0.2) is 0 Å². The van der Waals surface area contributed by atoms with Crippen LogP contribution in [0.2, 0.25) is 5.02 Å². The second-order valence-electron chi connectivity index (χ2n) is 4.12. The molecule has 0 radical (unpaired) electrons. The monoisotopic (exact) mass is 277 g/mol. The first-order valence-corrected chi connectivity index (χ1v) is 5.66. The minimum Gasteiger partial charge on any atom is -0.369 e. The van der Waals surface area contributed by atoms with Crippen molar-refractivity contribution in [3.8, 4) is 0 Å². The van der Waals surface area contributed by atoms with E-state index in [4.69, 9.17) is 17.3 Å². The Kier molecular flexibility index (Phi) is 3.14. The topological polar surface area (TPSA) is 43.8 Å². The Labute approximate surface area is 106 Å². The number of alkyl halides is 3. The number of hydrogen-bond donors (Lipinski definition) is 1. The van der Waals surface area contributed by atoms with Crippen LogP contribution in [0.4, 0.5) is 19.1 Å². The molecule has 1 atom stereocenters. The number of rotatable bonds is 2. The average Bonchev–Trinajstić information content (AvgIpc) is 2.53. The molecule has 0 saturated carbocycles. The number of benzene rings is 1. The van der Waals surface area contributed by atoms with E-state index in [1.54, 1.807) is 18.2 Å². The van der Waals surface area contributed by atoms with Crippen molar-refractivity contribution < 1.29 is 13.2 Å². The van der Waals surface area contributed by atoms with Gasteiger partial charge in [0.05, 0.1) is 17.0 Å². The molecule has 1 aromatic heterocycles. The van der Waals surface area contributed by atoms with Gasteiger partial charge in [0.25, 0.3) is 0 Å². The van der Waals surface area contributed by atoms with Gasteiger partial charge in [0, 0.05) is 6.04 Å². The zero-order valence-corrected chi connectivity index (χ0v) is 10.3. The van der Waals surface area contributed by atoms with Gasteiger partial charge in [-0.2, -0.15) is 13.2 Å². The molecule has 0 saturated heterocycles. The highest BCUT2D eigenvalue weighted by Crippen LogP contribution is 2.33. The lowest BCUT2D eigenvalue weighted by Crippen LogP contribution is -2.17. The van der Waals surface area contributed by atoms with Crippen molar-refractivity contribution >= 4 is 28.6 Å². The van der Waals surface area contributed by atoms with Crippen LogP contribution in [0.5, 0.6) is 0 Å². The Morgan fingerprint density at radius 2 is 2.11 bits per heavy atom. The summed E-state index contributed by atoms with van der Waals surface area (Å²) in [6.07, 6.45) is -5.21. The van der Waals surface area contributed by atoms with Crippen molar-refractivity contribution in [1.82, 2.24) is 9.55 Å². The van der Waals surface area contributed by atoms with Crippen LogP contribution in [0.15, 0.2) is 18.2 Å². The Balaban J connectivity index is 2.51. The van der Waals surface area contributed by atoms with Gasteiger partial charge in [-0.05, 0) is 19.1 Å². The van der Waals surface area contributed by atoms with Gasteiger partial charge in [-0.25, -0.2) is 4.98 Å². The first-order chi connectivity index (χ1) is 8.29. The zero-order chi connectivity index (χ0) is 13.5. The lowest BCUT2D eigenvalue weighted by Gasteiger charge is -2.17. The van der Waals surface area contributed by atoms with Crippen molar-refractivity contribution in [3.63, 3.8) is 0 Å². The molecule has 1 aromatic carbocycles. The first-order valence-electron chi connectivity index (χ1n) is 5.28. The Morgan fingerprint density at radius 3 is 2.72 bits per heavy atom. The maximum Gasteiger partial charge on any atom is 0.391 e. The van der Waals surface area contributed by atoms with Crippen LogP contribution in [0.3, 0.4) is 0 Å². The van der Waals surface area contributed by atoms with Crippen molar-refractivity contribution in [2.45, 2.75) is 25.6 Å². The van der Waals surface area contributed by atoms with Crippen LogP contribution in [0, 0.1) is 0 Å². The van der Waals surface area contributed by atoms with Gasteiger partial charge < -0.3 is 10.3 Å². The van der Waals surface area contributed by atoms with Gasteiger partial charge in [-0.1, -0.05) is 17.7 Å². The standard InChI is InChI=1S/C11H11ClF3N3/c1-6(5-11(13,14)15)18-8-4-2-3-7(12)9(8)17-10(18)16/h2-4,6H,5H2,1H3,(H2,16,17). The Morgan fingerprint density at radius 1 is 1.44 bits per heavy atom. The molecule has 0 bridgehead atoms. The van der Waals surface area contributed by atoms with E-state index in [0.717, 1.165) is 0 Å². The molecule has 18 heavy (non-hydrogen) atoms. The number of nitrogens with zero attached hydrogens (tertiary/aromatic N) is 2. The van der Waals surface area contributed by atoms with Crippen LogP contribution in [-0.2, 0) is 0 Å². The summed E-state index contributed by atoms with van der Waals surface area (Å²) in [4.78, 5) is 4.01. The highest BCUT2D eigenvalue weighted by atomic mass is 35.5. The lowest BCUT2D eigenvalue weighted by molar-refractivity contribution is -0.141. The lowest BCUT2D eigenvalue weighted by atomic mass is 10.2. The molecule has 1 heterocycles. The minimum absolute atomic E-state index is 0.0369. The minimum atomic E-state index is -4.25. The third-order valence-electron chi connectivity index (χ3n) is 2.67. The van der Waals surface area contributed by atoms with Gasteiger partial charge in [0.2, 0.25) is 5.95 Å². The molecule has 2 aromatic rings. The molecule has 1 unspecified atom stereocenters. The number of para-hydroxylation sites is 1. The van der Waals surface area contributed by atoms with E-state index in [9.17, 15) is 13.2 Å². The Bertz CT molecular complexity index is 577. The van der Waals surface area contributed by atoms with E-state index in [0.29, 0.717) is 16.1 Å². The number of aromatic nitrogens is 2. The summed E-state index contributed by atoms with van der Waals surface area (Å²) in [7, 11) is 0. The molecule has 2 N–H and O–H groups in total. The molecule has 0 fully saturated rings. The van der Waals surface area contributed by atoms with Crippen LogP contribution in [0.25, 0.3) is 11.0 Å². The third-order valence-corrected chi connectivity index (χ3v) is 2.97. The molecule has 0 aliphatic heterocycles. The molecule has 0 amide bonds. The van der Waals surface area contributed by atoms with Gasteiger partial charge in [-0.3, -0.25) is 0 Å². The van der Waals surface area contributed by atoms with Crippen LogP contribution in [0.1, 0.15) is 19.4 Å². The van der Waals surface area contributed by atoms with E-state index in [-0.39, 0.29) is 5.95 Å². The van der Waals surface area contributed by atoms with Crippen molar-refractivity contribution in [3.05, 3.63) is 23.2 Å². The SMILES string of the molecule is CC(CC(F)(F)F)n1c(N)nc2c(Cl)cccc21. The van der Waals surface area contributed by atoms with Crippen molar-refractivity contribution in [2.24, 2.45) is 0 Å². The molecular formula is C11H11ClF3N3. The maximum atomic E-state index is 12.4. The van der Waals surface area contributed by atoms with E-state index in [1.165, 1.54) is 11.5 Å². The fourth-order valence-electron chi connectivity index (χ4n) is 1.99. The molecular weight excluding hydrogens is 267 g/mol. The third kappa shape index (κ3) is 2.38. The van der Waals surface area contributed by atoms with Gasteiger partial charge >= 0.3 is 6.18 Å². The fourth-order valence-corrected chi connectivity index (χ4v) is 2.20. The maximum absolute atomic E-state index is 12.4. The smallest absolute Gasteiger partial charge is 0.369 e. The Hall–Kier alpha value is -1.43. The summed E-state index contributed by atoms with van der Waals surface area (Å²) in [5, 5.41) is 0.372. The quantitative estimate of drug-likeness (QED) is 0.908. The number of nitrogens with two attached hydrogens (primary N) is 1. The molecule has 0 spiro atoms. The number of nitrogen functional groups attached to an aromatic ring is 1. The average molecular weight is 278 g/mol. The zero-order valence-electron chi connectivity index (χ0n) is 9.50. The highest BCUT2D eigenvalue weighted by Gasteiger charge is 2.32. The largest absolute Gasteiger partial charge is 0.391 e. The number of imidazole rings is 1. The summed E-state index contributed by atoms with van der Waals surface area (Å²) in [5.41, 5.74) is 6.60. The predicted octanol–water partition coefficient (Wildman–Crippen LogP) is 3.79. The van der Waals surface area contributed by atoms with E-state index in [2.05, 4.69) is 4.98 Å². The molecule has 98 valence electrons. The predicted molar refractivity (Wildman–Crippen MR) is 64.5 cm³/mol. The first kappa shape index (κ1) is 13.0. The van der Waals surface area contributed by atoms with Crippen molar-refractivity contribution in [1.29, 1.82) is 0 Å². The van der Waals surface area contributed by atoms with Crippen LogP contribution in [-0.4, -0.2) is 15.7 Å². The van der Waals surface area contributed by atoms with Crippen LogP contribution < -0.4 is 5.73 Å². The van der Waals surface area contributed by atoms with Gasteiger partial charge in [-0.15, -0.1) is 0 Å². The number of hydrogen-bond acceptors (Lipinski definition) is 2. The summed E-state index contributed by atoms with van der Waals surface area (Å²) < 4.78 is 38.6. The summed E-state index contributed by atoms with van der Waals surface area (Å²) in [6, 6.07) is 4.10. The summed E-state index contributed by atoms with van der Waals surface area (Å²) >= 11 is 5.93. The van der Waals surface area contributed by atoms with Crippen molar-refractivity contribution in [2.75, 3.05) is 5.73 Å². The second kappa shape index (κ2) is 4.35. The number of halogens is 4. The molecule has 0 aliphatic carbocycles. The van der Waals surface area contributed by atoms with E-state index in [1.807, 2.05) is 0 Å². The molecule has 3 nitrogen and oxygen atoms in total. The van der Waals surface area contributed by atoms with E-state index < -0.39 is 18.6 Å². The molecule has 2 rings (SSSR count). The molecule has 0 aliphatic rings. The fraction of sp³-hybridized carbons (Fsp3) is 0.364. The summed E-state index contributed by atoms with van der Waals surface area (Å²) in [5.74, 6) is 0.0369. The second-order valence-corrected chi connectivity index (χ2v) is 4.52. The van der Waals surface area contributed by atoms with Crippen LogP contribution >= 0.6 is 11.6 Å².